The first-order valence-electron chi connectivity index (χ1n) is 9.60. The molecule has 5 nitrogen and oxygen atoms in total. The van der Waals surface area contributed by atoms with Gasteiger partial charge < -0.3 is 19.9 Å². The lowest BCUT2D eigenvalue weighted by atomic mass is 10.3. The standard InChI is InChI=1S/C20H36N4O/c1-5-21-20(22-15-11-12-16-24(6-2)7-3)23(4)17-18-25-19-13-9-8-10-14-19/h8-10,13-14H,5-7,11-12,15-18H2,1-4H3,(H,21,22). The van der Waals surface area contributed by atoms with Crippen LogP contribution in [0.3, 0.4) is 0 Å². The lowest BCUT2D eigenvalue weighted by Crippen LogP contribution is -2.41. The minimum Gasteiger partial charge on any atom is -0.492 e. The molecule has 0 bridgehead atoms. The van der Waals surface area contributed by atoms with Crippen LogP contribution in [0.5, 0.6) is 5.75 Å². The third-order valence-corrected chi connectivity index (χ3v) is 4.17. The molecule has 142 valence electrons. The Balaban J connectivity index is 2.32. The van der Waals surface area contributed by atoms with Crippen LogP contribution in [-0.2, 0) is 0 Å². The third kappa shape index (κ3) is 9.34. The zero-order valence-corrected chi connectivity index (χ0v) is 16.5. The summed E-state index contributed by atoms with van der Waals surface area (Å²) >= 11 is 0. The van der Waals surface area contributed by atoms with Crippen LogP contribution in [0.1, 0.15) is 33.6 Å². The summed E-state index contributed by atoms with van der Waals surface area (Å²) in [5.41, 5.74) is 0. The fourth-order valence-electron chi connectivity index (χ4n) is 2.56. The van der Waals surface area contributed by atoms with Crippen molar-refractivity contribution in [2.45, 2.75) is 33.6 Å². The fraction of sp³-hybridized carbons (Fsp3) is 0.650. The molecule has 0 unspecified atom stereocenters. The van der Waals surface area contributed by atoms with E-state index in [0.717, 1.165) is 50.9 Å². The number of unbranched alkanes of at least 4 members (excludes halogenated alkanes) is 1. The minimum atomic E-state index is 0.646. The van der Waals surface area contributed by atoms with E-state index in [1.165, 1.54) is 13.0 Å². The Morgan fingerprint density at radius 3 is 2.40 bits per heavy atom. The SMILES string of the molecule is CCNC(=NCCCCN(CC)CC)N(C)CCOc1ccccc1. The van der Waals surface area contributed by atoms with Gasteiger partial charge in [-0.25, -0.2) is 0 Å². The molecule has 1 aromatic rings. The molecule has 25 heavy (non-hydrogen) atoms. The van der Waals surface area contributed by atoms with E-state index in [0.29, 0.717) is 6.61 Å². The first kappa shape index (κ1) is 21.3. The number of hydrogen-bond acceptors (Lipinski definition) is 3. The van der Waals surface area contributed by atoms with E-state index in [9.17, 15) is 0 Å². The highest BCUT2D eigenvalue weighted by Crippen LogP contribution is 2.07. The number of nitrogens with zero attached hydrogens (tertiary/aromatic N) is 3. The van der Waals surface area contributed by atoms with Crippen molar-refractivity contribution in [2.75, 3.05) is 52.9 Å². The van der Waals surface area contributed by atoms with Crippen LogP contribution in [0.25, 0.3) is 0 Å². The summed E-state index contributed by atoms with van der Waals surface area (Å²) in [5, 5.41) is 3.36. The van der Waals surface area contributed by atoms with Gasteiger partial charge >= 0.3 is 0 Å². The van der Waals surface area contributed by atoms with Gasteiger partial charge in [0.2, 0.25) is 0 Å². The number of rotatable bonds is 12. The van der Waals surface area contributed by atoms with E-state index in [2.05, 4.69) is 42.9 Å². The molecule has 0 fully saturated rings. The molecule has 1 N–H and O–H groups in total. The molecule has 0 amide bonds. The predicted octanol–water partition coefficient (Wildman–Crippen LogP) is 3.08. The van der Waals surface area contributed by atoms with E-state index in [-0.39, 0.29) is 0 Å². The number of nitrogens with one attached hydrogen (secondary N) is 1. The lowest BCUT2D eigenvalue weighted by molar-refractivity contribution is 0.281. The number of likely N-dealkylation sites (N-methyl/N-ethyl adjacent to an activating group) is 1. The van der Waals surface area contributed by atoms with Gasteiger partial charge in [-0.3, -0.25) is 4.99 Å². The molecule has 0 saturated heterocycles. The molecule has 0 atom stereocenters. The van der Waals surface area contributed by atoms with E-state index < -0.39 is 0 Å². The number of para-hydroxylation sites is 1. The van der Waals surface area contributed by atoms with Gasteiger partial charge in [-0.15, -0.1) is 0 Å². The Morgan fingerprint density at radius 1 is 1.04 bits per heavy atom. The van der Waals surface area contributed by atoms with Gasteiger partial charge in [-0.1, -0.05) is 32.0 Å². The normalized spacial score (nSPS) is 11.6. The van der Waals surface area contributed by atoms with Crippen LogP contribution in [0.4, 0.5) is 0 Å². The predicted molar refractivity (Wildman–Crippen MR) is 108 cm³/mol. The first-order valence-corrected chi connectivity index (χ1v) is 9.60. The summed E-state index contributed by atoms with van der Waals surface area (Å²) in [6.45, 7) is 13.2. The molecule has 0 aliphatic carbocycles. The van der Waals surface area contributed by atoms with E-state index in [1.807, 2.05) is 30.3 Å². The highest BCUT2D eigenvalue weighted by atomic mass is 16.5. The van der Waals surface area contributed by atoms with Crippen LogP contribution < -0.4 is 10.1 Å². The average Bonchev–Trinajstić information content (AvgIpc) is 2.64. The molecule has 0 saturated carbocycles. The van der Waals surface area contributed by atoms with Crippen molar-refractivity contribution in [1.82, 2.24) is 15.1 Å². The Labute approximate surface area is 154 Å². The van der Waals surface area contributed by atoms with Crippen LogP contribution in [0.2, 0.25) is 0 Å². The van der Waals surface area contributed by atoms with Crippen molar-refractivity contribution < 1.29 is 4.74 Å². The molecule has 0 heterocycles. The van der Waals surface area contributed by atoms with E-state index in [4.69, 9.17) is 9.73 Å². The summed E-state index contributed by atoms with van der Waals surface area (Å²) in [6, 6.07) is 9.94. The van der Waals surface area contributed by atoms with Crippen molar-refractivity contribution in [3.05, 3.63) is 30.3 Å². The van der Waals surface area contributed by atoms with Crippen molar-refractivity contribution in [3.63, 3.8) is 0 Å². The molecule has 5 heteroatoms. The van der Waals surface area contributed by atoms with Gasteiger partial charge in [0.1, 0.15) is 12.4 Å². The van der Waals surface area contributed by atoms with E-state index >= 15 is 0 Å². The maximum Gasteiger partial charge on any atom is 0.193 e. The smallest absolute Gasteiger partial charge is 0.193 e. The number of guanidine groups is 1. The Bertz CT molecular complexity index is 460. The fourth-order valence-corrected chi connectivity index (χ4v) is 2.56. The summed E-state index contributed by atoms with van der Waals surface area (Å²) in [6.07, 6.45) is 2.32. The Morgan fingerprint density at radius 2 is 1.76 bits per heavy atom. The van der Waals surface area contributed by atoms with Crippen LogP contribution >= 0.6 is 0 Å². The van der Waals surface area contributed by atoms with Crippen LogP contribution in [-0.4, -0.2) is 68.7 Å². The summed E-state index contributed by atoms with van der Waals surface area (Å²) in [7, 11) is 2.06. The Kier molecular flexibility index (Phi) is 11.5. The largest absolute Gasteiger partial charge is 0.492 e. The number of benzene rings is 1. The van der Waals surface area contributed by atoms with Crippen molar-refractivity contribution in [3.8, 4) is 5.75 Å². The monoisotopic (exact) mass is 348 g/mol. The van der Waals surface area contributed by atoms with Gasteiger partial charge in [-0.2, -0.15) is 0 Å². The molecule has 1 aromatic carbocycles. The van der Waals surface area contributed by atoms with Crippen LogP contribution in [0, 0.1) is 0 Å². The number of ether oxygens (including phenoxy) is 1. The van der Waals surface area contributed by atoms with Crippen molar-refractivity contribution in [2.24, 2.45) is 4.99 Å². The molecule has 1 rings (SSSR count). The Hall–Kier alpha value is -1.75. The minimum absolute atomic E-state index is 0.646. The molecule has 0 aromatic heterocycles. The molecule has 0 spiro atoms. The highest BCUT2D eigenvalue weighted by molar-refractivity contribution is 5.79. The zero-order chi connectivity index (χ0) is 18.3. The highest BCUT2D eigenvalue weighted by Gasteiger charge is 2.05. The second-order valence-corrected chi connectivity index (χ2v) is 6.05. The maximum atomic E-state index is 5.77. The lowest BCUT2D eigenvalue weighted by Gasteiger charge is -2.22. The molecule has 0 radical (unpaired) electrons. The number of hydrogen-bond donors (Lipinski definition) is 1. The van der Waals surface area contributed by atoms with E-state index in [1.54, 1.807) is 0 Å². The second-order valence-electron chi connectivity index (χ2n) is 6.05. The summed E-state index contributed by atoms with van der Waals surface area (Å²) < 4.78 is 5.77. The van der Waals surface area contributed by atoms with Gasteiger partial charge in [0, 0.05) is 20.1 Å². The molecule has 0 aliphatic heterocycles. The van der Waals surface area contributed by atoms with Crippen LogP contribution in [0.15, 0.2) is 35.3 Å². The van der Waals surface area contributed by atoms with Gasteiger partial charge in [0.25, 0.3) is 0 Å². The van der Waals surface area contributed by atoms with Crippen molar-refractivity contribution >= 4 is 5.96 Å². The third-order valence-electron chi connectivity index (χ3n) is 4.17. The van der Waals surface area contributed by atoms with Crippen molar-refractivity contribution in [1.29, 1.82) is 0 Å². The first-order chi connectivity index (χ1) is 12.2. The summed E-state index contributed by atoms with van der Waals surface area (Å²) in [5.74, 6) is 1.87. The van der Waals surface area contributed by atoms with Gasteiger partial charge in [0.05, 0.1) is 6.54 Å². The topological polar surface area (TPSA) is 40.1 Å². The molecular weight excluding hydrogens is 312 g/mol. The molecular formula is C20H36N4O. The second kappa shape index (κ2) is 13.5. The average molecular weight is 349 g/mol. The number of aliphatic imine (C=N–C) groups is 1. The van der Waals surface area contributed by atoms with Gasteiger partial charge in [0.15, 0.2) is 5.96 Å². The van der Waals surface area contributed by atoms with Gasteiger partial charge in [-0.05, 0) is 51.5 Å². The zero-order valence-electron chi connectivity index (χ0n) is 16.5. The molecule has 0 aliphatic rings. The summed E-state index contributed by atoms with van der Waals surface area (Å²) in [4.78, 5) is 9.34. The quantitative estimate of drug-likeness (QED) is 0.358. The maximum absolute atomic E-state index is 5.77.